The molecule has 1 aromatic rings. The van der Waals surface area contributed by atoms with E-state index in [1.54, 1.807) is 0 Å². The molecule has 0 aliphatic rings. The highest BCUT2D eigenvalue weighted by Crippen LogP contribution is 2.26. The lowest BCUT2D eigenvalue weighted by molar-refractivity contribution is 0.145. The van der Waals surface area contributed by atoms with Gasteiger partial charge in [0.2, 0.25) is 0 Å². The van der Waals surface area contributed by atoms with Crippen molar-refractivity contribution < 1.29 is 13.9 Å². The van der Waals surface area contributed by atoms with Gasteiger partial charge in [0, 0.05) is 12.1 Å². The van der Waals surface area contributed by atoms with Gasteiger partial charge in [-0.15, -0.1) is 0 Å². The van der Waals surface area contributed by atoms with E-state index in [0.29, 0.717) is 9.26 Å². The highest BCUT2D eigenvalue weighted by atomic mass is 127. The molecule has 0 spiro atoms. The molecular weight excluding hydrogens is 305 g/mol. The van der Waals surface area contributed by atoms with Gasteiger partial charge in [0.25, 0.3) is 6.43 Å². The molecule has 1 rings (SSSR count). The summed E-state index contributed by atoms with van der Waals surface area (Å²) in [6.07, 6.45) is -2.65. The van der Waals surface area contributed by atoms with E-state index in [1.165, 1.54) is 6.07 Å². The predicted molar refractivity (Wildman–Crippen MR) is 55.7 cm³/mol. The molecule has 0 saturated heterocycles. The van der Waals surface area contributed by atoms with E-state index in [0.717, 1.165) is 0 Å². The van der Waals surface area contributed by atoms with Gasteiger partial charge in [0.15, 0.2) is 0 Å². The molecule has 0 aliphatic heterocycles. The molecular formula is C8H9F2IN2O. The van der Waals surface area contributed by atoms with Crippen LogP contribution in [0, 0.1) is 3.70 Å². The van der Waals surface area contributed by atoms with E-state index >= 15 is 0 Å². The van der Waals surface area contributed by atoms with Crippen LogP contribution in [0.15, 0.2) is 6.07 Å². The number of alkyl halides is 2. The fourth-order valence-corrected chi connectivity index (χ4v) is 1.85. The molecule has 3 N–H and O–H groups in total. The number of halogens is 3. The molecule has 0 fully saturated rings. The quantitative estimate of drug-likeness (QED) is 0.658. The van der Waals surface area contributed by atoms with Gasteiger partial charge in [0.05, 0.1) is 12.3 Å². The standard InChI is InChI=1S/C8H9F2IN2O/c9-8(10)7-4(2-12)1-6(11)13-5(7)3-14/h1,8,14H,2-3,12H2. The maximum absolute atomic E-state index is 12.6. The summed E-state index contributed by atoms with van der Waals surface area (Å²) in [6, 6.07) is 1.50. The van der Waals surface area contributed by atoms with Crippen molar-refractivity contribution in [2.75, 3.05) is 0 Å². The first kappa shape index (κ1) is 11.7. The minimum absolute atomic E-state index is 0.00681. The number of pyridine rings is 1. The SMILES string of the molecule is NCc1cc(I)nc(CO)c1C(F)F. The van der Waals surface area contributed by atoms with Crippen molar-refractivity contribution in [3.05, 3.63) is 26.6 Å². The van der Waals surface area contributed by atoms with Crippen LogP contribution in [-0.2, 0) is 13.2 Å². The number of rotatable bonds is 3. The fourth-order valence-electron chi connectivity index (χ4n) is 1.18. The van der Waals surface area contributed by atoms with Gasteiger partial charge in [-0.05, 0) is 34.2 Å². The number of hydrogen-bond donors (Lipinski definition) is 2. The van der Waals surface area contributed by atoms with Crippen LogP contribution in [0.3, 0.4) is 0 Å². The van der Waals surface area contributed by atoms with Crippen molar-refractivity contribution in [1.29, 1.82) is 0 Å². The van der Waals surface area contributed by atoms with Gasteiger partial charge in [0.1, 0.15) is 3.70 Å². The first-order valence-corrected chi connectivity index (χ1v) is 4.95. The van der Waals surface area contributed by atoms with Crippen LogP contribution in [0.25, 0.3) is 0 Å². The van der Waals surface area contributed by atoms with Crippen LogP contribution < -0.4 is 5.73 Å². The molecule has 1 aromatic heterocycles. The van der Waals surface area contributed by atoms with Crippen molar-refractivity contribution in [2.45, 2.75) is 19.6 Å². The van der Waals surface area contributed by atoms with Gasteiger partial charge in [-0.25, -0.2) is 13.8 Å². The molecule has 0 aliphatic carbocycles. The number of aliphatic hydroxyl groups is 1. The minimum atomic E-state index is -2.65. The topological polar surface area (TPSA) is 59.1 Å². The van der Waals surface area contributed by atoms with E-state index in [2.05, 4.69) is 4.98 Å². The molecule has 6 heteroatoms. The molecule has 14 heavy (non-hydrogen) atoms. The number of aliphatic hydroxyl groups excluding tert-OH is 1. The number of nitrogens with zero attached hydrogens (tertiary/aromatic N) is 1. The Morgan fingerprint density at radius 3 is 2.64 bits per heavy atom. The number of aromatic nitrogens is 1. The summed E-state index contributed by atoms with van der Waals surface area (Å²) in [4.78, 5) is 3.82. The zero-order chi connectivity index (χ0) is 10.7. The third-order valence-electron chi connectivity index (χ3n) is 1.78. The van der Waals surface area contributed by atoms with Gasteiger partial charge in [-0.1, -0.05) is 0 Å². The molecule has 0 radical (unpaired) electrons. The van der Waals surface area contributed by atoms with Crippen molar-refractivity contribution in [3.63, 3.8) is 0 Å². The lowest BCUT2D eigenvalue weighted by Crippen LogP contribution is -2.09. The van der Waals surface area contributed by atoms with Crippen LogP contribution in [0.2, 0.25) is 0 Å². The summed E-state index contributed by atoms with van der Waals surface area (Å²) in [5.74, 6) is 0. The molecule has 0 bridgehead atoms. The van der Waals surface area contributed by atoms with Crippen molar-refractivity contribution in [3.8, 4) is 0 Å². The normalized spacial score (nSPS) is 11.0. The average Bonchev–Trinajstić information content (AvgIpc) is 2.15. The van der Waals surface area contributed by atoms with E-state index < -0.39 is 13.0 Å². The molecule has 0 saturated carbocycles. The van der Waals surface area contributed by atoms with Crippen molar-refractivity contribution in [1.82, 2.24) is 4.98 Å². The second-order valence-corrected chi connectivity index (χ2v) is 3.73. The zero-order valence-electron chi connectivity index (χ0n) is 7.17. The Morgan fingerprint density at radius 2 is 2.21 bits per heavy atom. The molecule has 0 amide bonds. The minimum Gasteiger partial charge on any atom is -0.390 e. The molecule has 3 nitrogen and oxygen atoms in total. The van der Waals surface area contributed by atoms with Crippen molar-refractivity contribution >= 4 is 22.6 Å². The number of hydrogen-bond acceptors (Lipinski definition) is 3. The smallest absolute Gasteiger partial charge is 0.266 e. The van der Waals surface area contributed by atoms with Crippen LogP contribution >= 0.6 is 22.6 Å². The Hall–Kier alpha value is -0.340. The Kier molecular flexibility index (Phi) is 4.14. The van der Waals surface area contributed by atoms with E-state index in [-0.39, 0.29) is 17.8 Å². The van der Waals surface area contributed by atoms with Crippen LogP contribution in [0.1, 0.15) is 23.2 Å². The van der Waals surface area contributed by atoms with Gasteiger partial charge in [-0.2, -0.15) is 0 Å². The molecule has 1 heterocycles. The van der Waals surface area contributed by atoms with E-state index in [1.807, 2.05) is 22.6 Å². The molecule has 0 aromatic carbocycles. The van der Waals surface area contributed by atoms with Crippen LogP contribution in [0.4, 0.5) is 8.78 Å². The summed E-state index contributed by atoms with van der Waals surface area (Å²) in [5, 5.41) is 8.87. The summed E-state index contributed by atoms with van der Waals surface area (Å²) in [6.45, 7) is -0.477. The van der Waals surface area contributed by atoms with Crippen LogP contribution in [0.5, 0.6) is 0 Å². The first-order chi connectivity index (χ1) is 6.60. The number of nitrogens with two attached hydrogens (primary N) is 1. The Balaban J connectivity index is 3.33. The van der Waals surface area contributed by atoms with Gasteiger partial charge < -0.3 is 10.8 Å². The fraction of sp³-hybridized carbons (Fsp3) is 0.375. The maximum atomic E-state index is 12.6. The maximum Gasteiger partial charge on any atom is 0.266 e. The van der Waals surface area contributed by atoms with Gasteiger partial charge in [-0.3, -0.25) is 0 Å². The Labute approximate surface area is 93.5 Å². The van der Waals surface area contributed by atoms with Crippen molar-refractivity contribution in [2.24, 2.45) is 5.73 Å². The molecule has 0 atom stereocenters. The Morgan fingerprint density at radius 1 is 1.57 bits per heavy atom. The lowest BCUT2D eigenvalue weighted by atomic mass is 10.1. The second-order valence-electron chi connectivity index (χ2n) is 2.63. The summed E-state index contributed by atoms with van der Waals surface area (Å²) in [5.41, 5.74) is 5.44. The van der Waals surface area contributed by atoms with E-state index in [9.17, 15) is 8.78 Å². The first-order valence-electron chi connectivity index (χ1n) is 3.87. The highest BCUT2D eigenvalue weighted by Gasteiger charge is 2.18. The summed E-state index contributed by atoms with van der Waals surface area (Å²) >= 11 is 1.90. The van der Waals surface area contributed by atoms with E-state index in [4.69, 9.17) is 10.8 Å². The highest BCUT2D eigenvalue weighted by molar-refractivity contribution is 14.1. The zero-order valence-corrected chi connectivity index (χ0v) is 9.33. The average molecular weight is 314 g/mol. The molecule has 0 unspecified atom stereocenters. The summed E-state index contributed by atoms with van der Waals surface area (Å²) in [7, 11) is 0. The second kappa shape index (κ2) is 4.94. The molecule has 78 valence electrons. The monoisotopic (exact) mass is 314 g/mol. The third-order valence-corrected chi connectivity index (χ3v) is 2.33. The largest absolute Gasteiger partial charge is 0.390 e. The van der Waals surface area contributed by atoms with Gasteiger partial charge >= 0.3 is 0 Å². The summed E-state index contributed by atoms with van der Waals surface area (Å²) < 4.78 is 25.7. The lowest BCUT2D eigenvalue weighted by Gasteiger charge is -2.11. The van der Waals surface area contributed by atoms with Crippen LogP contribution in [-0.4, -0.2) is 10.1 Å². The predicted octanol–water partition coefficient (Wildman–Crippen LogP) is 1.57. The Bertz CT molecular complexity index is 308. The third kappa shape index (κ3) is 2.37.